The lowest BCUT2D eigenvalue weighted by atomic mass is 9.84. The summed E-state index contributed by atoms with van der Waals surface area (Å²) in [7, 11) is 0. The number of alkyl halides is 3. The molecular weight excluding hydrogens is 433 g/mol. The highest BCUT2D eigenvalue weighted by molar-refractivity contribution is 5.68. The molecule has 0 saturated heterocycles. The number of nitrogens with zero attached hydrogens (tertiary/aromatic N) is 3. The van der Waals surface area contributed by atoms with Gasteiger partial charge in [-0.2, -0.15) is 13.2 Å². The molecule has 1 fully saturated rings. The minimum Gasteiger partial charge on any atom is -0.444 e. The van der Waals surface area contributed by atoms with E-state index in [1.807, 2.05) is 20.8 Å². The molecule has 6 nitrogen and oxygen atoms in total. The van der Waals surface area contributed by atoms with E-state index in [1.54, 1.807) is 6.20 Å². The first-order valence-corrected chi connectivity index (χ1v) is 12.1. The Morgan fingerprint density at radius 2 is 1.85 bits per heavy atom. The van der Waals surface area contributed by atoms with Crippen LogP contribution in [0, 0.1) is 5.92 Å². The van der Waals surface area contributed by atoms with Gasteiger partial charge in [0.15, 0.2) is 0 Å². The summed E-state index contributed by atoms with van der Waals surface area (Å²) in [5.74, 6) is 0.942. The molecule has 1 saturated carbocycles. The van der Waals surface area contributed by atoms with Crippen molar-refractivity contribution in [3.63, 3.8) is 0 Å². The van der Waals surface area contributed by atoms with Gasteiger partial charge in [0.1, 0.15) is 11.4 Å². The Morgan fingerprint density at radius 1 is 1.15 bits per heavy atom. The van der Waals surface area contributed by atoms with E-state index in [1.165, 1.54) is 0 Å². The predicted octanol–water partition coefficient (Wildman–Crippen LogP) is 4.85. The zero-order valence-corrected chi connectivity index (χ0v) is 20.0. The predicted molar refractivity (Wildman–Crippen MR) is 120 cm³/mol. The highest BCUT2D eigenvalue weighted by atomic mass is 19.4. The molecule has 0 unspecified atom stereocenters. The number of aryl methyl sites for hydroxylation is 1. The number of carbonyl (C=O) groups is 1. The van der Waals surface area contributed by atoms with Crippen molar-refractivity contribution >= 4 is 6.09 Å². The Labute approximate surface area is 194 Å². The van der Waals surface area contributed by atoms with E-state index >= 15 is 0 Å². The van der Waals surface area contributed by atoms with Crippen LogP contribution >= 0.6 is 0 Å². The Morgan fingerprint density at radius 3 is 2.52 bits per heavy atom. The second-order valence-electron chi connectivity index (χ2n) is 10.4. The third-order valence-electron chi connectivity index (χ3n) is 6.42. The van der Waals surface area contributed by atoms with Crippen molar-refractivity contribution in [2.24, 2.45) is 5.92 Å². The van der Waals surface area contributed by atoms with Crippen LogP contribution in [0.4, 0.5) is 18.0 Å². The molecule has 9 heteroatoms. The normalized spacial score (nSPS) is 22.4. The number of aromatic nitrogens is 2. The van der Waals surface area contributed by atoms with Gasteiger partial charge in [0.05, 0.1) is 6.42 Å². The molecule has 1 aromatic rings. The molecule has 1 aromatic heterocycles. The molecule has 2 aliphatic rings. The van der Waals surface area contributed by atoms with Crippen LogP contribution in [0.3, 0.4) is 0 Å². The number of hydrogen-bond acceptors (Lipinski definition) is 5. The van der Waals surface area contributed by atoms with Gasteiger partial charge in [-0.1, -0.05) is 0 Å². The molecule has 1 N–H and O–H groups in total. The highest BCUT2D eigenvalue weighted by Crippen LogP contribution is 2.28. The van der Waals surface area contributed by atoms with Gasteiger partial charge in [0.2, 0.25) is 0 Å². The van der Waals surface area contributed by atoms with Crippen molar-refractivity contribution in [2.45, 2.75) is 96.4 Å². The number of hydrogen-bond donors (Lipinski definition) is 1. The fourth-order valence-corrected chi connectivity index (χ4v) is 4.60. The van der Waals surface area contributed by atoms with E-state index in [2.05, 4.69) is 20.2 Å². The van der Waals surface area contributed by atoms with Crippen LogP contribution in [-0.4, -0.2) is 58.4 Å². The molecule has 3 rings (SSSR count). The molecule has 0 radical (unpaired) electrons. The number of ether oxygens (including phenoxy) is 1. The van der Waals surface area contributed by atoms with Crippen molar-refractivity contribution in [2.75, 3.05) is 19.6 Å². The largest absolute Gasteiger partial charge is 0.444 e. The van der Waals surface area contributed by atoms with Crippen molar-refractivity contribution in [3.8, 4) is 0 Å². The maximum Gasteiger partial charge on any atom is 0.407 e. The zero-order chi connectivity index (χ0) is 24.1. The quantitative estimate of drug-likeness (QED) is 0.644. The fourth-order valence-electron chi connectivity index (χ4n) is 4.60. The van der Waals surface area contributed by atoms with Gasteiger partial charge in [0, 0.05) is 43.9 Å². The molecule has 1 amide bonds. The SMILES string of the molecule is CC(C)(C)OC(=O)NC1CCC(CCN2CCc3cnc(CCC(F)(F)F)nc3CC2)CC1. The monoisotopic (exact) mass is 470 g/mol. The van der Waals surface area contributed by atoms with Crippen LogP contribution in [0.2, 0.25) is 0 Å². The van der Waals surface area contributed by atoms with E-state index < -0.39 is 18.2 Å². The van der Waals surface area contributed by atoms with Gasteiger partial charge >= 0.3 is 12.3 Å². The second-order valence-corrected chi connectivity index (χ2v) is 10.4. The Bertz CT molecular complexity index is 787. The van der Waals surface area contributed by atoms with Crippen LogP contribution in [-0.2, 0) is 24.0 Å². The summed E-state index contributed by atoms with van der Waals surface area (Å²) in [6.07, 6.45) is 3.03. The lowest BCUT2D eigenvalue weighted by molar-refractivity contribution is -0.134. The maximum atomic E-state index is 12.5. The van der Waals surface area contributed by atoms with Crippen LogP contribution in [0.1, 0.15) is 76.4 Å². The van der Waals surface area contributed by atoms with Gasteiger partial charge in [-0.3, -0.25) is 0 Å². The second kappa shape index (κ2) is 11.0. The molecule has 1 aliphatic heterocycles. The van der Waals surface area contributed by atoms with Crippen LogP contribution < -0.4 is 5.32 Å². The molecular formula is C24H37F3N4O2. The van der Waals surface area contributed by atoms with E-state index in [9.17, 15) is 18.0 Å². The molecule has 33 heavy (non-hydrogen) atoms. The van der Waals surface area contributed by atoms with Gasteiger partial charge in [-0.15, -0.1) is 0 Å². The number of fused-ring (bicyclic) bond motifs is 1. The number of halogens is 3. The van der Waals surface area contributed by atoms with Gasteiger partial charge < -0.3 is 15.0 Å². The van der Waals surface area contributed by atoms with E-state index in [4.69, 9.17) is 4.74 Å². The van der Waals surface area contributed by atoms with Crippen LogP contribution in [0.25, 0.3) is 0 Å². The van der Waals surface area contributed by atoms with Crippen LogP contribution in [0.15, 0.2) is 6.20 Å². The summed E-state index contributed by atoms with van der Waals surface area (Å²) < 4.78 is 42.8. The molecule has 0 atom stereocenters. The average molecular weight is 471 g/mol. The van der Waals surface area contributed by atoms with E-state index in [0.29, 0.717) is 5.92 Å². The standard InChI is InChI=1S/C24H37F3N4O2/c1-23(2,3)33-22(32)29-19-6-4-17(5-7-19)9-13-31-14-10-18-16-28-21(8-12-24(25,26)27)30-20(18)11-15-31/h16-17,19H,4-15H2,1-3H3,(H,29,32). The molecule has 0 bridgehead atoms. The molecule has 0 aromatic carbocycles. The first-order valence-electron chi connectivity index (χ1n) is 12.1. The molecule has 1 aliphatic carbocycles. The number of carbonyl (C=O) groups excluding carboxylic acids is 1. The summed E-state index contributed by atoms with van der Waals surface area (Å²) in [5, 5.41) is 2.99. The highest BCUT2D eigenvalue weighted by Gasteiger charge is 2.28. The maximum absolute atomic E-state index is 12.5. The molecule has 186 valence electrons. The van der Waals surface area contributed by atoms with E-state index in [-0.39, 0.29) is 24.4 Å². The first-order chi connectivity index (χ1) is 15.5. The Kier molecular flexibility index (Phi) is 8.59. The average Bonchev–Trinajstić information content (AvgIpc) is 2.92. The summed E-state index contributed by atoms with van der Waals surface area (Å²) in [6.45, 7) is 8.40. The number of alkyl carbamates (subject to hydrolysis) is 1. The zero-order valence-electron chi connectivity index (χ0n) is 20.0. The van der Waals surface area contributed by atoms with Crippen molar-refractivity contribution in [1.82, 2.24) is 20.2 Å². The van der Waals surface area contributed by atoms with Crippen molar-refractivity contribution in [3.05, 3.63) is 23.3 Å². The summed E-state index contributed by atoms with van der Waals surface area (Å²) in [5.41, 5.74) is 1.48. The smallest absolute Gasteiger partial charge is 0.407 e. The minimum absolute atomic E-state index is 0.161. The lowest BCUT2D eigenvalue weighted by Gasteiger charge is -2.31. The number of rotatable bonds is 6. The van der Waals surface area contributed by atoms with Gasteiger partial charge in [-0.05, 0) is 77.3 Å². The third-order valence-corrected chi connectivity index (χ3v) is 6.42. The number of amides is 1. The fraction of sp³-hybridized carbons (Fsp3) is 0.792. The van der Waals surface area contributed by atoms with Gasteiger partial charge in [-0.25, -0.2) is 14.8 Å². The minimum atomic E-state index is -4.18. The Balaban J connectivity index is 1.38. The van der Waals surface area contributed by atoms with Crippen molar-refractivity contribution < 1.29 is 22.7 Å². The molecule has 0 spiro atoms. The van der Waals surface area contributed by atoms with Crippen LogP contribution in [0.5, 0.6) is 0 Å². The van der Waals surface area contributed by atoms with Gasteiger partial charge in [0.25, 0.3) is 0 Å². The topological polar surface area (TPSA) is 67.3 Å². The van der Waals surface area contributed by atoms with Crippen molar-refractivity contribution in [1.29, 1.82) is 0 Å². The summed E-state index contributed by atoms with van der Waals surface area (Å²) in [4.78, 5) is 23.0. The summed E-state index contributed by atoms with van der Waals surface area (Å²) >= 11 is 0. The lowest BCUT2D eigenvalue weighted by Crippen LogP contribution is -2.41. The first kappa shape index (κ1) is 25.7. The molecule has 2 heterocycles. The third kappa shape index (κ3) is 9.10. The summed E-state index contributed by atoms with van der Waals surface area (Å²) in [6, 6.07) is 0.189. The number of nitrogens with one attached hydrogen (secondary N) is 1. The van der Waals surface area contributed by atoms with E-state index in [0.717, 1.165) is 75.8 Å². The Hall–Kier alpha value is -1.90.